The second-order valence-corrected chi connectivity index (χ2v) is 5.32. The van der Waals surface area contributed by atoms with E-state index in [0.717, 1.165) is 17.1 Å². The van der Waals surface area contributed by atoms with Gasteiger partial charge in [-0.3, -0.25) is 4.79 Å². The van der Waals surface area contributed by atoms with Crippen molar-refractivity contribution in [3.63, 3.8) is 0 Å². The van der Waals surface area contributed by atoms with Crippen LogP contribution < -0.4 is 14.8 Å². The summed E-state index contributed by atoms with van der Waals surface area (Å²) in [6.07, 6.45) is 1.14. The van der Waals surface area contributed by atoms with Crippen molar-refractivity contribution in [2.75, 3.05) is 14.2 Å². The van der Waals surface area contributed by atoms with Gasteiger partial charge in [-0.25, -0.2) is 0 Å². The molecule has 4 nitrogen and oxygen atoms in total. The van der Waals surface area contributed by atoms with Crippen LogP contribution in [-0.2, 0) is 11.2 Å². The highest BCUT2D eigenvalue weighted by Gasteiger charge is 2.11. The van der Waals surface area contributed by atoms with Crippen LogP contribution in [0, 0.1) is 5.92 Å². The number of ether oxygens (including phenoxy) is 2. The molecule has 0 fully saturated rings. The number of amides is 1. The van der Waals surface area contributed by atoms with Crippen LogP contribution in [0.3, 0.4) is 0 Å². The zero-order valence-electron chi connectivity index (χ0n) is 13.0. The number of rotatable bonds is 7. The Labute approximate surface area is 121 Å². The molecule has 1 rings (SSSR count). The lowest BCUT2D eigenvalue weighted by Crippen LogP contribution is -2.36. The van der Waals surface area contributed by atoms with Gasteiger partial charge in [0.15, 0.2) is 0 Å². The zero-order valence-corrected chi connectivity index (χ0v) is 13.0. The maximum Gasteiger partial charge on any atom is 0.220 e. The molecular weight excluding hydrogens is 254 g/mol. The molecule has 1 aromatic rings. The minimum Gasteiger partial charge on any atom is -0.497 e. The molecule has 0 saturated heterocycles. The van der Waals surface area contributed by atoms with Gasteiger partial charge in [0.25, 0.3) is 0 Å². The normalized spacial score (nSPS) is 12.1. The van der Waals surface area contributed by atoms with Crippen molar-refractivity contribution in [1.29, 1.82) is 0 Å². The molecule has 0 spiro atoms. The SMILES string of the molecule is COc1cc(CCC(=O)NC(C)C(C)C)cc(OC)c1. The number of hydrogen-bond acceptors (Lipinski definition) is 3. The van der Waals surface area contributed by atoms with Crippen LogP contribution in [0.4, 0.5) is 0 Å². The minimum atomic E-state index is 0.0768. The van der Waals surface area contributed by atoms with Gasteiger partial charge in [0.2, 0.25) is 5.91 Å². The van der Waals surface area contributed by atoms with Gasteiger partial charge in [-0.15, -0.1) is 0 Å². The molecule has 0 aliphatic rings. The van der Waals surface area contributed by atoms with Crippen molar-refractivity contribution in [2.24, 2.45) is 5.92 Å². The lowest BCUT2D eigenvalue weighted by atomic mass is 10.1. The van der Waals surface area contributed by atoms with Crippen LogP contribution in [0.25, 0.3) is 0 Å². The van der Waals surface area contributed by atoms with E-state index in [4.69, 9.17) is 9.47 Å². The first-order chi connectivity index (χ1) is 9.46. The van der Waals surface area contributed by atoms with Gasteiger partial charge in [-0.05, 0) is 37.0 Å². The molecule has 0 heterocycles. The topological polar surface area (TPSA) is 47.6 Å². The zero-order chi connectivity index (χ0) is 15.1. The number of aryl methyl sites for hydroxylation is 1. The van der Waals surface area contributed by atoms with Crippen molar-refractivity contribution in [3.8, 4) is 11.5 Å². The van der Waals surface area contributed by atoms with E-state index in [1.54, 1.807) is 14.2 Å². The van der Waals surface area contributed by atoms with Gasteiger partial charge >= 0.3 is 0 Å². The molecule has 0 saturated carbocycles. The largest absolute Gasteiger partial charge is 0.497 e. The first kappa shape index (κ1) is 16.3. The molecule has 0 aliphatic carbocycles. The maximum atomic E-state index is 11.9. The van der Waals surface area contributed by atoms with E-state index in [1.165, 1.54) is 0 Å². The molecule has 1 N–H and O–H groups in total. The van der Waals surface area contributed by atoms with Crippen molar-refractivity contribution < 1.29 is 14.3 Å². The van der Waals surface area contributed by atoms with E-state index >= 15 is 0 Å². The van der Waals surface area contributed by atoms with E-state index in [0.29, 0.717) is 18.8 Å². The lowest BCUT2D eigenvalue weighted by molar-refractivity contribution is -0.121. The van der Waals surface area contributed by atoms with Gasteiger partial charge in [0.05, 0.1) is 14.2 Å². The third-order valence-electron chi connectivity index (χ3n) is 3.44. The van der Waals surface area contributed by atoms with Crippen LogP contribution >= 0.6 is 0 Å². The summed E-state index contributed by atoms with van der Waals surface area (Å²) in [5, 5.41) is 3.01. The van der Waals surface area contributed by atoms with E-state index in [2.05, 4.69) is 19.2 Å². The average molecular weight is 279 g/mol. The highest BCUT2D eigenvalue weighted by Crippen LogP contribution is 2.23. The lowest BCUT2D eigenvalue weighted by Gasteiger charge is -2.17. The highest BCUT2D eigenvalue weighted by molar-refractivity contribution is 5.76. The second-order valence-electron chi connectivity index (χ2n) is 5.32. The number of benzene rings is 1. The molecule has 20 heavy (non-hydrogen) atoms. The molecule has 112 valence electrons. The Balaban J connectivity index is 2.58. The quantitative estimate of drug-likeness (QED) is 0.835. The number of carbonyl (C=O) groups excluding carboxylic acids is 1. The van der Waals surface area contributed by atoms with Crippen LogP contribution in [0.2, 0.25) is 0 Å². The summed E-state index contributed by atoms with van der Waals surface area (Å²) in [6.45, 7) is 6.22. The molecule has 1 unspecified atom stereocenters. The first-order valence-corrected chi connectivity index (χ1v) is 6.97. The minimum absolute atomic E-state index is 0.0768. The van der Waals surface area contributed by atoms with Crippen molar-refractivity contribution >= 4 is 5.91 Å². The number of hydrogen-bond donors (Lipinski definition) is 1. The standard InChI is InChI=1S/C16H25NO3/c1-11(2)12(3)17-16(18)7-6-13-8-14(19-4)10-15(9-13)20-5/h8-12H,6-7H2,1-5H3,(H,17,18). The van der Waals surface area contributed by atoms with Gasteiger partial charge in [0, 0.05) is 18.5 Å². The molecular formula is C16H25NO3. The molecule has 0 radical (unpaired) electrons. The fourth-order valence-corrected chi connectivity index (χ4v) is 1.76. The third-order valence-corrected chi connectivity index (χ3v) is 3.44. The van der Waals surface area contributed by atoms with Crippen LogP contribution in [0.5, 0.6) is 11.5 Å². The van der Waals surface area contributed by atoms with E-state index in [9.17, 15) is 4.79 Å². The fraction of sp³-hybridized carbons (Fsp3) is 0.562. The summed E-state index contributed by atoms with van der Waals surface area (Å²) in [6, 6.07) is 5.88. The number of carbonyl (C=O) groups is 1. The van der Waals surface area contributed by atoms with E-state index in [-0.39, 0.29) is 11.9 Å². The first-order valence-electron chi connectivity index (χ1n) is 6.97. The number of methoxy groups -OCH3 is 2. The molecule has 4 heteroatoms. The predicted molar refractivity (Wildman–Crippen MR) is 80.3 cm³/mol. The van der Waals surface area contributed by atoms with Crippen LogP contribution in [0.1, 0.15) is 32.8 Å². The van der Waals surface area contributed by atoms with Gasteiger partial charge < -0.3 is 14.8 Å². The van der Waals surface area contributed by atoms with E-state index < -0.39 is 0 Å². The Morgan fingerprint density at radius 1 is 1.10 bits per heavy atom. The van der Waals surface area contributed by atoms with Crippen LogP contribution in [0.15, 0.2) is 18.2 Å². The molecule has 1 amide bonds. The maximum absolute atomic E-state index is 11.9. The number of nitrogens with one attached hydrogen (secondary N) is 1. The van der Waals surface area contributed by atoms with Crippen molar-refractivity contribution in [1.82, 2.24) is 5.32 Å². The summed E-state index contributed by atoms with van der Waals surface area (Å²) in [4.78, 5) is 11.9. The van der Waals surface area contributed by atoms with E-state index in [1.807, 2.05) is 25.1 Å². The predicted octanol–water partition coefficient (Wildman–Crippen LogP) is 2.80. The van der Waals surface area contributed by atoms with Gasteiger partial charge in [0.1, 0.15) is 11.5 Å². The molecule has 1 aromatic carbocycles. The van der Waals surface area contributed by atoms with Crippen molar-refractivity contribution in [2.45, 2.75) is 39.7 Å². The molecule has 0 bridgehead atoms. The Morgan fingerprint density at radius 2 is 1.65 bits per heavy atom. The highest BCUT2D eigenvalue weighted by atomic mass is 16.5. The van der Waals surface area contributed by atoms with Gasteiger partial charge in [-0.2, -0.15) is 0 Å². The average Bonchev–Trinajstić information content (AvgIpc) is 2.44. The Morgan fingerprint density at radius 3 is 2.10 bits per heavy atom. The summed E-state index contributed by atoms with van der Waals surface area (Å²) in [7, 11) is 3.24. The summed E-state index contributed by atoms with van der Waals surface area (Å²) in [5.74, 6) is 2.01. The Hall–Kier alpha value is -1.71. The summed E-state index contributed by atoms with van der Waals surface area (Å²) in [5.41, 5.74) is 1.04. The van der Waals surface area contributed by atoms with Gasteiger partial charge in [-0.1, -0.05) is 13.8 Å². The van der Waals surface area contributed by atoms with Crippen LogP contribution in [-0.4, -0.2) is 26.2 Å². The second kappa shape index (κ2) is 7.78. The molecule has 0 aromatic heterocycles. The monoisotopic (exact) mass is 279 g/mol. The molecule has 0 aliphatic heterocycles. The summed E-state index contributed by atoms with van der Waals surface area (Å²) >= 11 is 0. The smallest absolute Gasteiger partial charge is 0.220 e. The fourth-order valence-electron chi connectivity index (χ4n) is 1.76. The molecule has 1 atom stereocenters. The Bertz CT molecular complexity index is 421. The Kier molecular flexibility index (Phi) is 6.36. The summed E-state index contributed by atoms with van der Waals surface area (Å²) < 4.78 is 10.4. The van der Waals surface area contributed by atoms with Crippen molar-refractivity contribution in [3.05, 3.63) is 23.8 Å². The third kappa shape index (κ3) is 5.11.